The van der Waals surface area contributed by atoms with Gasteiger partial charge in [-0.25, -0.2) is 0 Å². The molecule has 2 saturated carbocycles. The van der Waals surface area contributed by atoms with Crippen molar-refractivity contribution in [2.45, 2.75) is 64.2 Å². The fraction of sp³-hybridized carbons (Fsp3) is 0.917. The lowest BCUT2D eigenvalue weighted by atomic mass is 9.74. The molecule has 0 amide bonds. The average molecular weight is 180 g/mol. The molecule has 0 atom stereocenters. The predicted molar refractivity (Wildman–Crippen MR) is 53.6 cm³/mol. The highest BCUT2D eigenvalue weighted by molar-refractivity contribution is 5.85. The van der Waals surface area contributed by atoms with E-state index in [4.69, 9.17) is 0 Å². The van der Waals surface area contributed by atoms with Crippen molar-refractivity contribution in [3.05, 3.63) is 0 Å². The Kier molecular flexibility index (Phi) is 2.71. The average Bonchev–Trinajstić information content (AvgIpc) is 2.58. The maximum Gasteiger partial charge on any atom is 0.139 e. The number of hydrogen-bond acceptors (Lipinski definition) is 1. The monoisotopic (exact) mass is 180 g/mol. The van der Waals surface area contributed by atoms with Gasteiger partial charge >= 0.3 is 0 Å². The summed E-state index contributed by atoms with van der Waals surface area (Å²) in [6, 6.07) is 0. The van der Waals surface area contributed by atoms with Gasteiger partial charge in [0, 0.05) is 11.8 Å². The Bertz CT molecular complexity index is 189. The zero-order valence-electron chi connectivity index (χ0n) is 8.48. The van der Waals surface area contributed by atoms with Crippen molar-refractivity contribution < 1.29 is 4.79 Å². The van der Waals surface area contributed by atoms with Gasteiger partial charge in [-0.05, 0) is 25.7 Å². The highest BCUT2D eigenvalue weighted by atomic mass is 16.1. The Hall–Kier alpha value is -0.330. The lowest BCUT2D eigenvalue weighted by Gasteiger charge is -2.29. The molecule has 0 unspecified atom stereocenters. The fourth-order valence-electron chi connectivity index (χ4n) is 3.09. The second-order valence-corrected chi connectivity index (χ2v) is 4.82. The van der Waals surface area contributed by atoms with Crippen LogP contribution in [-0.2, 0) is 4.79 Å². The lowest BCUT2D eigenvalue weighted by Crippen LogP contribution is -2.28. The largest absolute Gasteiger partial charge is 0.299 e. The normalized spacial score (nSPS) is 28.8. The van der Waals surface area contributed by atoms with Crippen molar-refractivity contribution >= 4 is 5.78 Å². The van der Waals surface area contributed by atoms with Crippen LogP contribution in [0.25, 0.3) is 0 Å². The molecule has 2 aliphatic rings. The minimum absolute atomic E-state index is 0.167. The molecular formula is C12H20O. The van der Waals surface area contributed by atoms with Gasteiger partial charge in [0.05, 0.1) is 0 Å². The van der Waals surface area contributed by atoms with Crippen LogP contribution in [0, 0.1) is 5.41 Å². The fourth-order valence-corrected chi connectivity index (χ4v) is 3.09. The van der Waals surface area contributed by atoms with Crippen molar-refractivity contribution in [1.82, 2.24) is 0 Å². The third-order valence-electron chi connectivity index (χ3n) is 3.96. The van der Waals surface area contributed by atoms with E-state index in [1.54, 1.807) is 0 Å². The van der Waals surface area contributed by atoms with Crippen LogP contribution in [-0.4, -0.2) is 5.78 Å². The Morgan fingerprint density at radius 3 is 2.00 bits per heavy atom. The summed E-state index contributed by atoms with van der Waals surface area (Å²) in [5.74, 6) is 0.602. The van der Waals surface area contributed by atoms with Crippen LogP contribution in [0.15, 0.2) is 0 Å². The molecule has 1 spiro atoms. The summed E-state index contributed by atoms with van der Waals surface area (Å²) in [6.07, 6.45) is 12.2. The first-order valence-corrected chi connectivity index (χ1v) is 5.87. The maximum absolute atomic E-state index is 12.0. The number of hydrogen-bond donors (Lipinski definition) is 0. The molecule has 0 radical (unpaired) electrons. The molecule has 0 aromatic rings. The second kappa shape index (κ2) is 3.81. The number of carbonyl (C=O) groups is 1. The summed E-state index contributed by atoms with van der Waals surface area (Å²) in [5, 5.41) is 0. The molecule has 0 heterocycles. The SMILES string of the molecule is O=C1CCCCCCC12CCCC2. The van der Waals surface area contributed by atoms with Gasteiger partial charge in [-0.2, -0.15) is 0 Å². The van der Waals surface area contributed by atoms with Crippen LogP contribution in [0.2, 0.25) is 0 Å². The van der Waals surface area contributed by atoms with Gasteiger partial charge in [0.15, 0.2) is 0 Å². The van der Waals surface area contributed by atoms with Crippen LogP contribution >= 0.6 is 0 Å². The van der Waals surface area contributed by atoms with Crippen LogP contribution in [0.4, 0.5) is 0 Å². The van der Waals surface area contributed by atoms with Gasteiger partial charge in [-0.3, -0.25) is 4.79 Å². The molecule has 2 fully saturated rings. The van der Waals surface area contributed by atoms with E-state index in [0.717, 1.165) is 12.8 Å². The first-order chi connectivity index (χ1) is 6.33. The van der Waals surface area contributed by atoms with E-state index >= 15 is 0 Å². The van der Waals surface area contributed by atoms with Crippen LogP contribution in [0.1, 0.15) is 64.2 Å². The molecule has 0 aromatic carbocycles. The minimum Gasteiger partial charge on any atom is -0.299 e. The third kappa shape index (κ3) is 1.79. The van der Waals surface area contributed by atoms with Gasteiger partial charge in [0.25, 0.3) is 0 Å². The first-order valence-electron chi connectivity index (χ1n) is 5.87. The van der Waals surface area contributed by atoms with Crippen molar-refractivity contribution in [1.29, 1.82) is 0 Å². The molecule has 1 nitrogen and oxygen atoms in total. The van der Waals surface area contributed by atoms with Crippen LogP contribution < -0.4 is 0 Å². The van der Waals surface area contributed by atoms with Gasteiger partial charge in [-0.1, -0.05) is 32.1 Å². The van der Waals surface area contributed by atoms with E-state index in [-0.39, 0.29) is 5.41 Å². The number of Topliss-reactive ketones (excluding diaryl/α,β-unsaturated/α-hetero) is 1. The third-order valence-corrected chi connectivity index (χ3v) is 3.96. The standard InChI is InChI=1S/C12H20O/c13-11-7-3-1-2-4-8-12(11)9-5-6-10-12/h1-10H2. The molecular weight excluding hydrogens is 160 g/mol. The molecule has 2 rings (SSSR count). The van der Waals surface area contributed by atoms with Crippen molar-refractivity contribution in [2.75, 3.05) is 0 Å². The van der Waals surface area contributed by atoms with E-state index in [1.165, 1.54) is 51.4 Å². The summed E-state index contributed by atoms with van der Waals surface area (Å²) in [5.41, 5.74) is 0.167. The minimum atomic E-state index is 0.167. The summed E-state index contributed by atoms with van der Waals surface area (Å²) < 4.78 is 0. The number of rotatable bonds is 0. The second-order valence-electron chi connectivity index (χ2n) is 4.82. The van der Waals surface area contributed by atoms with Crippen LogP contribution in [0.5, 0.6) is 0 Å². The van der Waals surface area contributed by atoms with Gasteiger partial charge in [0.1, 0.15) is 5.78 Å². The predicted octanol–water partition coefficient (Wildman–Crippen LogP) is 3.47. The summed E-state index contributed by atoms with van der Waals surface area (Å²) in [4.78, 5) is 12.0. The maximum atomic E-state index is 12.0. The van der Waals surface area contributed by atoms with E-state index < -0.39 is 0 Å². The van der Waals surface area contributed by atoms with Crippen LogP contribution in [0.3, 0.4) is 0 Å². The highest BCUT2D eigenvalue weighted by Gasteiger charge is 2.39. The van der Waals surface area contributed by atoms with Gasteiger partial charge in [0.2, 0.25) is 0 Å². The van der Waals surface area contributed by atoms with E-state index in [0.29, 0.717) is 5.78 Å². The smallest absolute Gasteiger partial charge is 0.139 e. The zero-order chi connectivity index (χ0) is 9.15. The van der Waals surface area contributed by atoms with Crippen molar-refractivity contribution in [3.8, 4) is 0 Å². The van der Waals surface area contributed by atoms with E-state index in [2.05, 4.69) is 0 Å². The lowest BCUT2D eigenvalue weighted by molar-refractivity contribution is -0.129. The molecule has 2 aliphatic carbocycles. The molecule has 74 valence electrons. The van der Waals surface area contributed by atoms with Gasteiger partial charge in [-0.15, -0.1) is 0 Å². The molecule has 0 aliphatic heterocycles. The Balaban J connectivity index is 2.07. The summed E-state index contributed by atoms with van der Waals surface area (Å²) in [7, 11) is 0. The van der Waals surface area contributed by atoms with E-state index in [9.17, 15) is 4.79 Å². The first kappa shape index (κ1) is 9.23. The van der Waals surface area contributed by atoms with Crippen molar-refractivity contribution in [3.63, 3.8) is 0 Å². The zero-order valence-corrected chi connectivity index (χ0v) is 8.48. The van der Waals surface area contributed by atoms with E-state index in [1.807, 2.05) is 0 Å². The molecule has 0 aromatic heterocycles. The molecule has 0 bridgehead atoms. The molecule has 0 N–H and O–H groups in total. The molecule has 1 heteroatoms. The topological polar surface area (TPSA) is 17.1 Å². The number of ketones is 1. The highest BCUT2D eigenvalue weighted by Crippen LogP contribution is 2.45. The summed E-state index contributed by atoms with van der Waals surface area (Å²) in [6.45, 7) is 0. The Morgan fingerprint density at radius 2 is 1.31 bits per heavy atom. The molecule has 0 saturated heterocycles. The van der Waals surface area contributed by atoms with Crippen molar-refractivity contribution in [2.24, 2.45) is 5.41 Å². The molecule has 13 heavy (non-hydrogen) atoms. The Morgan fingerprint density at radius 1 is 0.769 bits per heavy atom. The van der Waals surface area contributed by atoms with Gasteiger partial charge < -0.3 is 0 Å². The number of carbonyl (C=O) groups excluding carboxylic acids is 1. The Labute approximate surface area is 80.9 Å². The summed E-state index contributed by atoms with van der Waals surface area (Å²) >= 11 is 0. The quantitative estimate of drug-likeness (QED) is 0.558.